The molecule has 0 aromatic heterocycles. The number of hydrogen-bond acceptors (Lipinski definition) is 1. The highest BCUT2D eigenvalue weighted by Crippen LogP contribution is 2.27. The van der Waals surface area contributed by atoms with Gasteiger partial charge in [-0.3, -0.25) is 0 Å². The lowest BCUT2D eigenvalue weighted by Crippen LogP contribution is -2.24. The van der Waals surface area contributed by atoms with E-state index in [4.69, 9.17) is 0 Å². The van der Waals surface area contributed by atoms with Gasteiger partial charge < -0.3 is 5.32 Å². The number of halogens is 1. The summed E-state index contributed by atoms with van der Waals surface area (Å²) in [7, 11) is 0. The molecule has 18 heavy (non-hydrogen) atoms. The predicted molar refractivity (Wildman–Crippen MR) is 76.2 cm³/mol. The van der Waals surface area contributed by atoms with E-state index in [0.29, 0.717) is 5.92 Å². The fourth-order valence-electron chi connectivity index (χ4n) is 2.44. The van der Waals surface area contributed by atoms with Crippen molar-refractivity contribution < 1.29 is 4.39 Å². The van der Waals surface area contributed by atoms with Crippen molar-refractivity contribution in [2.75, 3.05) is 6.54 Å². The van der Waals surface area contributed by atoms with Crippen LogP contribution in [0.15, 0.2) is 18.2 Å². The maximum Gasteiger partial charge on any atom is 0.128 e. The molecule has 1 nitrogen and oxygen atoms in total. The summed E-state index contributed by atoms with van der Waals surface area (Å²) in [5, 5.41) is 3.42. The largest absolute Gasteiger partial charge is 0.310 e. The minimum atomic E-state index is -0.0769. The second kappa shape index (κ2) is 7.52. The van der Waals surface area contributed by atoms with Crippen LogP contribution in [0.3, 0.4) is 0 Å². The minimum absolute atomic E-state index is 0.0769. The summed E-state index contributed by atoms with van der Waals surface area (Å²) in [5.41, 5.74) is 1.79. The lowest BCUT2D eigenvalue weighted by Gasteiger charge is -2.23. The van der Waals surface area contributed by atoms with Crippen LogP contribution in [-0.4, -0.2) is 6.54 Å². The topological polar surface area (TPSA) is 12.0 Å². The van der Waals surface area contributed by atoms with E-state index in [1.807, 2.05) is 19.1 Å². The third-order valence-corrected chi connectivity index (χ3v) is 3.71. The molecule has 0 bridgehead atoms. The first-order valence-corrected chi connectivity index (χ1v) is 7.11. The third-order valence-electron chi connectivity index (χ3n) is 3.71. The van der Waals surface area contributed by atoms with E-state index in [1.54, 1.807) is 6.07 Å². The van der Waals surface area contributed by atoms with Gasteiger partial charge in [0.25, 0.3) is 0 Å². The summed E-state index contributed by atoms with van der Waals surface area (Å²) in [4.78, 5) is 0. The van der Waals surface area contributed by atoms with Crippen molar-refractivity contribution in [1.29, 1.82) is 0 Å². The van der Waals surface area contributed by atoms with Crippen LogP contribution in [0.4, 0.5) is 4.39 Å². The van der Waals surface area contributed by atoms with Crippen molar-refractivity contribution in [3.05, 3.63) is 35.1 Å². The summed E-state index contributed by atoms with van der Waals surface area (Å²) in [5.74, 6) is 0.585. The molecule has 0 radical (unpaired) electrons. The quantitative estimate of drug-likeness (QED) is 0.746. The van der Waals surface area contributed by atoms with Gasteiger partial charge in [-0.05, 0) is 37.4 Å². The van der Waals surface area contributed by atoms with E-state index >= 15 is 0 Å². The zero-order valence-electron chi connectivity index (χ0n) is 12.1. The molecule has 0 saturated heterocycles. The van der Waals surface area contributed by atoms with E-state index in [0.717, 1.165) is 36.9 Å². The molecule has 0 spiro atoms. The minimum Gasteiger partial charge on any atom is -0.310 e. The average Bonchev–Trinajstić information content (AvgIpc) is 2.35. The second-order valence-corrected chi connectivity index (χ2v) is 5.05. The molecule has 1 N–H and O–H groups in total. The Morgan fingerprint density at radius 1 is 1.17 bits per heavy atom. The summed E-state index contributed by atoms with van der Waals surface area (Å²) in [6.45, 7) is 9.30. The Kier molecular flexibility index (Phi) is 6.34. The number of benzene rings is 1. The number of aryl methyl sites for hydroxylation is 1. The SMILES string of the molecule is CCNC(CC(CC)CC)c1ccc(C)cc1F. The van der Waals surface area contributed by atoms with E-state index in [-0.39, 0.29) is 11.9 Å². The van der Waals surface area contributed by atoms with Gasteiger partial charge >= 0.3 is 0 Å². The average molecular weight is 251 g/mol. The fraction of sp³-hybridized carbons (Fsp3) is 0.625. The fourth-order valence-corrected chi connectivity index (χ4v) is 2.44. The van der Waals surface area contributed by atoms with Crippen LogP contribution in [0.5, 0.6) is 0 Å². The lowest BCUT2D eigenvalue weighted by atomic mass is 9.90. The standard InChI is InChI=1S/C16H26FN/c1-5-13(6-2)11-16(18-7-3)14-9-8-12(4)10-15(14)17/h8-10,13,16,18H,5-7,11H2,1-4H3. The van der Waals surface area contributed by atoms with Crippen molar-refractivity contribution in [2.45, 2.75) is 53.0 Å². The molecule has 1 unspecified atom stereocenters. The molecule has 0 saturated carbocycles. The van der Waals surface area contributed by atoms with Crippen LogP contribution >= 0.6 is 0 Å². The molecule has 0 aliphatic rings. The molecule has 0 aliphatic heterocycles. The zero-order valence-corrected chi connectivity index (χ0v) is 12.1. The summed E-state index contributed by atoms with van der Waals surface area (Å²) >= 11 is 0. The maximum absolute atomic E-state index is 14.0. The maximum atomic E-state index is 14.0. The first-order valence-electron chi connectivity index (χ1n) is 7.11. The molecule has 0 fully saturated rings. The highest BCUT2D eigenvalue weighted by atomic mass is 19.1. The van der Waals surface area contributed by atoms with Crippen LogP contribution in [0.25, 0.3) is 0 Å². The Bertz CT molecular complexity index is 358. The molecule has 0 heterocycles. The van der Waals surface area contributed by atoms with Crippen molar-refractivity contribution in [3.63, 3.8) is 0 Å². The van der Waals surface area contributed by atoms with Gasteiger partial charge in [-0.25, -0.2) is 4.39 Å². The molecular formula is C16H26FN. The van der Waals surface area contributed by atoms with E-state index in [9.17, 15) is 4.39 Å². The van der Waals surface area contributed by atoms with Crippen LogP contribution in [0, 0.1) is 18.7 Å². The number of nitrogens with one attached hydrogen (secondary N) is 1. The van der Waals surface area contributed by atoms with Crippen molar-refractivity contribution in [1.82, 2.24) is 5.32 Å². The molecule has 1 aromatic carbocycles. The van der Waals surface area contributed by atoms with Gasteiger partial charge in [0.15, 0.2) is 0 Å². The highest BCUT2D eigenvalue weighted by molar-refractivity contribution is 5.26. The Labute approximate surface area is 111 Å². The van der Waals surface area contributed by atoms with Gasteiger partial charge in [-0.1, -0.05) is 45.7 Å². The molecule has 1 rings (SSSR count). The molecular weight excluding hydrogens is 225 g/mol. The third kappa shape index (κ3) is 4.09. The van der Waals surface area contributed by atoms with Crippen LogP contribution in [-0.2, 0) is 0 Å². The zero-order chi connectivity index (χ0) is 13.5. The molecule has 2 heteroatoms. The number of rotatable bonds is 7. The predicted octanol–water partition coefficient (Wildman–Crippen LogP) is 4.61. The molecule has 102 valence electrons. The van der Waals surface area contributed by atoms with Crippen molar-refractivity contribution >= 4 is 0 Å². The van der Waals surface area contributed by atoms with Gasteiger partial charge in [0.05, 0.1) is 0 Å². The van der Waals surface area contributed by atoms with Crippen molar-refractivity contribution in [2.24, 2.45) is 5.92 Å². The Morgan fingerprint density at radius 2 is 1.83 bits per heavy atom. The van der Waals surface area contributed by atoms with E-state index in [2.05, 4.69) is 26.1 Å². The van der Waals surface area contributed by atoms with Gasteiger partial charge in [0.2, 0.25) is 0 Å². The Morgan fingerprint density at radius 3 is 2.33 bits per heavy atom. The van der Waals surface area contributed by atoms with Crippen LogP contribution in [0.2, 0.25) is 0 Å². The van der Waals surface area contributed by atoms with E-state index < -0.39 is 0 Å². The second-order valence-electron chi connectivity index (χ2n) is 5.05. The molecule has 1 atom stereocenters. The summed E-state index contributed by atoms with van der Waals surface area (Å²) in [6, 6.07) is 5.70. The Balaban J connectivity index is 2.89. The first kappa shape index (κ1) is 15.2. The smallest absolute Gasteiger partial charge is 0.128 e. The van der Waals surface area contributed by atoms with E-state index in [1.165, 1.54) is 0 Å². The van der Waals surface area contributed by atoms with Gasteiger partial charge in [-0.2, -0.15) is 0 Å². The summed E-state index contributed by atoms with van der Waals surface area (Å²) in [6.07, 6.45) is 3.33. The van der Waals surface area contributed by atoms with Crippen molar-refractivity contribution in [3.8, 4) is 0 Å². The van der Waals surface area contributed by atoms with Crippen LogP contribution in [0.1, 0.15) is 57.2 Å². The monoisotopic (exact) mass is 251 g/mol. The lowest BCUT2D eigenvalue weighted by molar-refractivity contribution is 0.368. The van der Waals surface area contributed by atoms with Gasteiger partial charge in [0.1, 0.15) is 5.82 Å². The number of hydrogen-bond donors (Lipinski definition) is 1. The van der Waals surface area contributed by atoms with Gasteiger partial charge in [-0.15, -0.1) is 0 Å². The van der Waals surface area contributed by atoms with Gasteiger partial charge in [0, 0.05) is 11.6 Å². The summed E-state index contributed by atoms with van der Waals surface area (Å²) < 4.78 is 14.0. The Hall–Kier alpha value is -0.890. The normalized spacial score (nSPS) is 13.0. The first-order chi connectivity index (χ1) is 8.62. The highest BCUT2D eigenvalue weighted by Gasteiger charge is 2.18. The molecule has 1 aromatic rings. The molecule has 0 aliphatic carbocycles. The molecule has 0 amide bonds. The van der Waals surface area contributed by atoms with Crippen LogP contribution < -0.4 is 5.32 Å².